The predicted octanol–water partition coefficient (Wildman–Crippen LogP) is 5.43. The maximum Gasteiger partial charge on any atom is 0.236 e. The Balaban J connectivity index is 1.43. The van der Waals surface area contributed by atoms with Crippen molar-refractivity contribution in [3.63, 3.8) is 0 Å². The smallest absolute Gasteiger partial charge is 0.236 e. The minimum absolute atomic E-state index is 0.117. The number of aryl methyl sites for hydroxylation is 1. The summed E-state index contributed by atoms with van der Waals surface area (Å²) < 4.78 is 16.0. The second-order valence-electron chi connectivity index (χ2n) is 6.93. The van der Waals surface area contributed by atoms with Crippen molar-refractivity contribution >= 4 is 34.1 Å². The molecule has 0 fully saturated rings. The number of carbonyl (C=O) groups excluding carboxylic acids is 1. The van der Waals surface area contributed by atoms with E-state index in [0.717, 1.165) is 11.3 Å². The molecule has 2 aromatic heterocycles. The Hall–Kier alpha value is -3.30. The van der Waals surface area contributed by atoms with Crippen molar-refractivity contribution < 1.29 is 9.18 Å². The molecular formula is C23H20FN5OS2. The van der Waals surface area contributed by atoms with Gasteiger partial charge in [-0.2, -0.15) is 0 Å². The molecule has 0 aliphatic rings. The van der Waals surface area contributed by atoms with Gasteiger partial charge in [-0.3, -0.25) is 9.36 Å². The number of thiazole rings is 1. The number of amides is 1. The van der Waals surface area contributed by atoms with E-state index >= 15 is 0 Å². The molecule has 0 spiro atoms. The molecule has 2 heterocycles. The summed E-state index contributed by atoms with van der Waals surface area (Å²) >= 11 is 2.60. The summed E-state index contributed by atoms with van der Waals surface area (Å²) in [5.41, 5.74) is 3.35. The van der Waals surface area contributed by atoms with E-state index in [4.69, 9.17) is 0 Å². The molecule has 0 aliphatic heterocycles. The first-order chi connectivity index (χ1) is 15.5. The number of nitrogens with one attached hydrogen (secondary N) is 1. The van der Waals surface area contributed by atoms with E-state index in [-0.39, 0.29) is 17.5 Å². The number of rotatable bonds is 8. The molecule has 0 bridgehead atoms. The van der Waals surface area contributed by atoms with Crippen molar-refractivity contribution in [2.24, 2.45) is 0 Å². The molecule has 0 saturated heterocycles. The van der Waals surface area contributed by atoms with Crippen molar-refractivity contribution in [3.05, 3.63) is 77.9 Å². The van der Waals surface area contributed by atoms with Gasteiger partial charge in [0.25, 0.3) is 0 Å². The number of thioether (sulfide) groups is 1. The highest BCUT2D eigenvalue weighted by atomic mass is 32.2. The van der Waals surface area contributed by atoms with Gasteiger partial charge in [0.1, 0.15) is 5.82 Å². The third-order valence-electron chi connectivity index (χ3n) is 4.57. The minimum Gasteiger partial charge on any atom is -0.301 e. The normalized spacial score (nSPS) is 10.8. The van der Waals surface area contributed by atoms with Gasteiger partial charge in [-0.25, -0.2) is 9.37 Å². The maximum absolute atomic E-state index is 14.2. The lowest BCUT2D eigenvalue weighted by Crippen LogP contribution is -2.14. The van der Waals surface area contributed by atoms with Crippen LogP contribution in [0.1, 0.15) is 5.56 Å². The second kappa shape index (κ2) is 9.88. The van der Waals surface area contributed by atoms with Crippen LogP contribution >= 0.6 is 23.1 Å². The van der Waals surface area contributed by atoms with E-state index in [1.165, 1.54) is 34.7 Å². The first-order valence-electron chi connectivity index (χ1n) is 9.79. The Kier molecular flexibility index (Phi) is 6.77. The summed E-state index contributed by atoms with van der Waals surface area (Å²) in [5, 5.41) is 14.1. The van der Waals surface area contributed by atoms with Crippen LogP contribution in [-0.2, 0) is 11.3 Å². The highest BCUT2D eigenvalue weighted by Gasteiger charge is 2.17. The number of halogens is 1. The first-order valence-corrected chi connectivity index (χ1v) is 11.7. The minimum atomic E-state index is -0.382. The quantitative estimate of drug-likeness (QED) is 0.277. The number of allylic oxidation sites excluding steroid dienone is 1. The van der Waals surface area contributed by atoms with Crippen molar-refractivity contribution in [2.75, 3.05) is 11.1 Å². The summed E-state index contributed by atoms with van der Waals surface area (Å²) in [6, 6.07) is 14.4. The van der Waals surface area contributed by atoms with Gasteiger partial charge in [-0.05, 0) is 19.1 Å². The third kappa shape index (κ3) is 4.95. The zero-order valence-corrected chi connectivity index (χ0v) is 18.9. The summed E-state index contributed by atoms with van der Waals surface area (Å²) in [5.74, 6) is -0.0759. The second-order valence-corrected chi connectivity index (χ2v) is 8.73. The largest absolute Gasteiger partial charge is 0.301 e. The van der Waals surface area contributed by atoms with Gasteiger partial charge in [-0.15, -0.1) is 28.1 Å². The predicted molar refractivity (Wildman–Crippen MR) is 127 cm³/mol. The highest BCUT2D eigenvalue weighted by molar-refractivity contribution is 7.99. The van der Waals surface area contributed by atoms with E-state index < -0.39 is 0 Å². The van der Waals surface area contributed by atoms with Gasteiger partial charge in [-0.1, -0.05) is 59.8 Å². The van der Waals surface area contributed by atoms with Crippen molar-refractivity contribution in [1.82, 2.24) is 19.7 Å². The van der Waals surface area contributed by atoms with Gasteiger partial charge in [0.2, 0.25) is 5.91 Å². The lowest BCUT2D eigenvalue weighted by molar-refractivity contribution is -0.113. The molecule has 0 aliphatic carbocycles. The van der Waals surface area contributed by atoms with Crippen LogP contribution in [0, 0.1) is 12.7 Å². The Bertz CT molecular complexity index is 1250. The van der Waals surface area contributed by atoms with Crippen LogP contribution in [0.2, 0.25) is 0 Å². The molecule has 162 valence electrons. The molecule has 0 radical (unpaired) electrons. The van der Waals surface area contributed by atoms with Crippen LogP contribution in [-0.4, -0.2) is 31.4 Å². The lowest BCUT2D eigenvalue weighted by atomic mass is 10.1. The van der Waals surface area contributed by atoms with Gasteiger partial charge in [0.05, 0.1) is 17.0 Å². The van der Waals surface area contributed by atoms with Crippen LogP contribution in [0.15, 0.2) is 71.7 Å². The van der Waals surface area contributed by atoms with Crippen LogP contribution in [0.4, 0.5) is 9.52 Å². The van der Waals surface area contributed by atoms with E-state index in [1.807, 2.05) is 36.6 Å². The van der Waals surface area contributed by atoms with E-state index in [2.05, 4.69) is 27.1 Å². The van der Waals surface area contributed by atoms with E-state index in [1.54, 1.807) is 28.8 Å². The SMILES string of the molecule is C=CCn1c(SCC(=O)Nc2nc(-c3ccc(C)cc3)cs2)nnc1-c1ccccc1F. The Labute approximate surface area is 193 Å². The maximum atomic E-state index is 14.2. The summed E-state index contributed by atoms with van der Waals surface area (Å²) in [6.45, 7) is 6.18. The molecule has 1 N–H and O–H groups in total. The molecule has 2 aromatic carbocycles. The fourth-order valence-corrected chi connectivity index (χ4v) is 4.49. The number of hydrogen-bond donors (Lipinski definition) is 1. The third-order valence-corrected chi connectivity index (χ3v) is 6.30. The average molecular weight is 466 g/mol. The Morgan fingerprint density at radius 2 is 2.00 bits per heavy atom. The average Bonchev–Trinajstić information content (AvgIpc) is 3.41. The zero-order valence-electron chi connectivity index (χ0n) is 17.3. The molecule has 4 aromatic rings. The van der Waals surface area contributed by atoms with Crippen molar-refractivity contribution in [1.29, 1.82) is 0 Å². The standard InChI is InChI=1S/C23H20FN5OS2/c1-3-12-29-21(17-6-4-5-7-18(17)24)27-28-23(29)32-14-20(30)26-22-25-19(13-31-22)16-10-8-15(2)9-11-16/h3-11,13H,1,12,14H2,2H3,(H,25,26,30). The van der Waals surface area contributed by atoms with Crippen LogP contribution < -0.4 is 5.32 Å². The van der Waals surface area contributed by atoms with Gasteiger partial charge in [0, 0.05) is 17.5 Å². The van der Waals surface area contributed by atoms with Gasteiger partial charge >= 0.3 is 0 Å². The van der Waals surface area contributed by atoms with E-state index in [0.29, 0.717) is 28.2 Å². The molecule has 0 unspecified atom stereocenters. The van der Waals surface area contributed by atoms with Crippen LogP contribution in [0.25, 0.3) is 22.6 Å². The molecule has 1 amide bonds. The number of anilines is 1. The number of carbonyl (C=O) groups is 1. The number of nitrogens with zero attached hydrogens (tertiary/aromatic N) is 4. The fraction of sp³-hybridized carbons (Fsp3) is 0.130. The van der Waals surface area contributed by atoms with E-state index in [9.17, 15) is 9.18 Å². The molecule has 0 saturated carbocycles. The monoisotopic (exact) mass is 465 g/mol. The highest BCUT2D eigenvalue weighted by Crippen LogP contribution is 2.27. The first kappa shape index (κ1) is 21.9. The molecule has 4 rings (SSSR count). The molecule has 32 heavy (non-hydrogen) atoms. The summed E-state index contributed by atoms with van der Waals surface area (Å²) in [7, 11) is 0. The molecule has 9 heteroatoms. The van der Waals surface area contributed by atoms with Crippen LogP contribution in [0.5, 0.6) is 0 Å². The lowest BCUT2D eigenvalue weighted by Gasteiger charge is -2.08. The Morgan fingerprint density at radius 1 is 1.22 bits per heavy atom. The fourth-order valence-electron chi connectivity index (χ4n) is 3.00. The molecular weight excluding hydrogens is 445 g/mol. The molecule has 0 atom stereocenters. The molecule has 6 nitrogen and oxygen atoms in total. The summed E-state index contributed by atoms with van der Waals surface area (Å²) in [4.78, 5) is 17.0. The van der Waals surface area contributed by atoms with Crippen LogP contribution in [0.3, 0.4) is 0 Å². The zero-order chi connectivity index (χ0) is 22.5. The Morgan fingerprint density at radius 3 is 2.75 bits per heavy atom. The van der Waals surface area contributed by atoms with Crippen molar-refractivity contribution in [3.8, 4) is 22.6 Å². The van der Waals surface area contributed by atoms with Gasteiger partial charge in [0.15, 0.2) is 16.1 Å². The van der Waals surface area contributed by atoms with Crippen molar-refractivity contribution in [2.45, 2.75) is 18.6 Å². The summed E-state index contributed by atoms with van der Waals surface area (Å²) in [6.07, 6.45) is 1.68. The number of aromatic nitrogens is 4. The van der Waals surface area contributed by atoms with Gasteiger partial charge < -0.3 is 5.32 Å². The topological polar surface area (TPSA) is 72.7 Å². The number of benzene rings is 2. The number of hydrogen-bond acceptors (Lipinski definition) is 6.